The van der Waals surface area contributed by atoms with E-state index in [0.29, 0.717) is 12.0 Å². The van der Waals surface area contributed by atoms with E-state index in [9.17, 15) is 0 Å². The molecule has 0 saturated carbocycles. The van der Waals surface area contributed by atoms with Crippen molar-refractivity contribution in [3.8, 4) is 0 Å². The molecule has 0 radical (unpaired) electrons. The number of nitrogens with one attached hydrogen (secondary N) is 2. The van der Waals surface area contributed by atoms with Gasteiger partial charge in [-0.2, -0.15) is 0 Å². The molecular formula is C15H29N5. The van der Waals surface area contributed by atoms with Crippen LogP contribution < -0.4 is 10.6 Å². The Balaban J connectivity index is 2.77. The Kier molecular flexibility index (Phi) is 6.71. The average molecular weight is 279 g/mol. The number of hydrogen-bond donors (Lipinski definition) is 2. The molecule has 1 aromatic rings. The van der Waals surface area contributed by atoms with Crippen molar-refractivity contribution in [3.05, 3.63) is 11.9 Å². The van der Waals surface area contributed by atoms with Gasteiger partial charge in [-0.25, -0.2) is 9.97 Å². The minimum Gasteiger partial charge on any atom is -0.373 e. The lowest BCUT2D eigenvalue weighted by molar-refractivity contribution is 0.294. The van der Waals surface area contributed by atoms with Crippen LogP contribution in [0.25, 0.3) is 0 Å². The van der Waals surface area contributed by atoms with Crippen LogP contribution in [-0.4, -0.2) is 47.6 Å². The van der Waals surface area contributed by atoms with Gasteiger partial charge in [-0.05, 0) is 20.0 Å². The normalized spacial score (nSPS) is 12.8. The second-order valence-electron chi connectivity index (χ2n) is 5.43. The van der Waals surface area contributed by atoms with Crippen molar-refractivity contribution < 1.29 is 0 Å². The molecule has 0 fully saturated rings. The molecule has 114 valence electrons. The molecule has 1 unspecified atom stereocenters. The molecule has 0 amide bonds. The Labute approximate surface area is 123 Å². The third kappa shape index (κ3) is 4.96. The summed E-state index contributed by atoms with van der Waals surface area (Å²) in [4.78, 5) is 11.5. The number of nitrogens with zero attached hydrogens (tertiary/aromatic N) is 3. The standard InChI is InChI=1S/C15H29N5/c1-7-20(8-2)10-12(5)17-14-9-13(16-6)18-15(19-14)11(3)4/h9,11-12H,7-8,10H2,1-6H3,(H2,16,17,18,19). The second-order valence-corrected chi connectivity index (χ2v) is 5.43. The van der Waals surface area contributed by atoms with E-state index in [0.717, 1.165) is 37.1 Å². The highest BCUT2D eigenvalue weighted by molar-refractivity contribution is 5.48. The molecule has 1 atom stereocenters. The fourth-order valence-corrected chi connectivity index (χ4v) is 2.09. The molecule has 0 aliphatic rings. The van der Waals surface area contributed by atoms with Crippen molar-refractivity contribution in [2.45, 2.75) is 46.6 Å². The van der Waals surface area contributed by atoms with Gasteiger partial charge >= 0.3 is 0 Å². The zero-order valence-electron chi connectivity index (χ0n) is 13.7. The minimum atomic E-state index is 0.321. The van der Waals surface area contributed by atoms with Crippen LogP contribution >= 0.6 is 0 Å². The van der Waals surface area contributed by atoms with E-state index in [-0.39, 0.29) is 0 Å². The molecule has 5 heteroatoms. The predicted molar refractivity (Wildman–Crippen MR) is 86.5 cm³/mol. The van der Waals surface area contributed by atoms with Crippen molar-refractivity contribution in [3.63, 3.8) is 0 Å². The van der Waals surface area contributed by atoms with Crippen LogP contribution in [0, 0.1) is 0 Å². The first kappa shape index (κ1) is 16.7. The van der Waals surface area contributed by atoms with Crippen molar-refractivity contribution in [2.75, 3.05) is 37.3 Å². The minimum absolute atomic E-state index is 0.321. The maximum Gasteiger partial charge on any atom is 0.135 e. The molecule has 0 spiro atoms. The van der Waals surface area contributed by atoms with E-state index in [1.165, 1.54) is 0 Å². The number of hydrogen-bond acceptors (Lipinski definition) is 5. The van der Waals surface area contributed by atoms with Crippen LogP contribution in [-0.2, 0) is 0 Å². The first-order valence-electron chi connectivity index (χ1n) is 7.55. The summed E-state index contributed by atoms with van der Waals surface area (Å²) < 4.78 is 0. The van der Waals surface area contributed by atoms with Gasteiger partial charge in [0.15, 0.2) is 0 Å². The number of aromatic nitrogens is 2. The quantitative estimate of drug-likeness (QED) is 0.766. The SMILES string of the molecule is CCN(CC)CC(C)Nc1cc(NC)nc(C(C)C)n1. The summed E-state index contributed by atoms with van der Waals surface area (Å²) in [6.07, 6.45) is 0. The molecular weight excluding hydrogens is 250 g/mol. The monoisotopic (exact) mass is 279 g/mol. The third-order valence-electron chi connectivity index (χ3n) is 3.34. The first-order valence-corrected chi connectivity index (χ1v) is 7.55. The summed E-state index contributed by atoms with van der Waals surface area (Å²) in [6, 6.07) is 2.32. The Bertz CT molecular complexity index is 401. The fourth-order valence-electron chi connectivity index (χ4n) is 2.09. The lowest BCUT2D eigenvalue weighted by Crippen LogP contribution is -2.35. The van der Waals surface area contributed by atoms with Crippen molar-refractivity contribution in [2.24, 2.45) is 0 Å². The van der Waals surface area contributed by atoms with Gasteiger partial charge in [0.2, 0.25) is 0 Å². The van der Waals surface area contributed by atoms with Gasteiger partial charge in [0.1, 0.15) is 17.5 Å². The Morgan fingerprint density at radius 3 is 2.20 bits per heavy atom. The molecule has 0 aliphatic carbocycles. The summed E-state index contributed by atoms with van der Waals surface area (Å²) in [5.41, 5.74) is 0. The van der Waals surface area contributed by atoms with E-state index >= 15 is 0 Å². The zero-order valence-corrected chi connectivity index (χ0v) is 13.7. The van der Waals surface area contributed by atoms with Crippen LogP contribution in [0.4, 0.5) is 11.6 Å². The molecule has 0 aromatic carbocycles. The summed E-state index contributed by atoms with van der Waals surface area (Å²) in [5.74, 6) is 2.95. The highest BCUT2D eigenvalue weighted by atomic mass is 15.2. The largest absolute Gasteiger partial charge is 0.373 e. The Morgan fingerprint density at radius 2 is 1.70 bits per heavy atom. The molecule has 2 N–H and O–H groups in total. The molecule has 0 bridgehead atoms. The summed E-state index contributed by atoms with van der Waals surface area (Å²) in [7, 11) is 1.88. The summed E-state index contributed by atoms with van der Waals surface area (Å²) in [5, 5.41) is 6.58. The number of likely N-dealkylation sites (N-methyl/N-ethyl adjacent to an activating group) is 1. The van der Waals surface area contributed by atoms with Crippen LogP contribution in [0.2, 0.25) is 0 Å². The van der Waals surface area contributed by atoms with Crippen molar-refractivity contribution >= 4 is 11.6 Å². The van der Waals surface area contributed by atoms with Gasteiger partial charge in [-0.3, -0.25) is 0 Å². The summed E-state index contributed by atoms with van der Waals surface area (Å²) in [6.45, 7) is 14.0. The third-order valence-corrected chi connectivity index (χ3v) is 3.34. The first-order chi connectivity index (χ1) is 9.49. The van der Waals surface area contributed by atoms with Gasteiger partial charge < -0.3 is 15.5 Å². The van der Waals surface area contributed by atoms with Gasteiger partial charge in [-0.1, -0.05) is 27.7 Å². The Morgan fingerprint density at radius 1 is 1.10 bits per heavy atom. The molecule has 1 rings (SSSR count). The molecule has 20 heavy (non-hydrogen) atoms. The van der Waals surface area contributed by atoms with Crippen LogP contribution in [0.3, 0.4) is 0 Å². The second kappa shape index (κ2) is 8.04. The zero-order chi connectivity index (χ0) is 15.1. The van der Waals surface area contributed by atoms with E-state index in [1.54, 1.807) is 0 Å². The van der Waals surface area contributed by atoms with E-state index in [4.69, 9.17) is 0 Å². The maximum absolute atomic E-state index is 4.60. The van der Waals surface area contributed by atoms with Crippen LogP contribution in [0.5, 0.6) is 0 Å². The average Bonchev–Trinajstić information content (AvgIpc) is 2.44. The maximum atomic E-state index is 4.60. The van der Waals surface area contributed by atoms with Gasteiger partial charge in [0.05, 0.1) is 0 Å². The number of rotatable bonds is 8. The topological polar surface area (TPSA) is 53.1 Å². The lowest BCUT2D eigenvalue weighted by atomic mass is 10.2. The van der Waals surface area contributed by atoms with E-state index in [1.807, 2.05) is 13.1 Å². The number of anilines is 2. The van der Waals surface area contributed by atoms with E-state index in [2.05, 4.69) is 60.1 Å². The molecule has 0 aliphatic heterocycles. The van der Waals surface area contributed by atoms with Gasteiger partial charge in [-0.15, -0.1) is 0 Å². The van der Waals surface area contributed by atoms with E-state index < -0.39 is 0 Å². The highest BCUT2D eigenvalue weighted by Gasteiger charge is 2.11. The van der Waals surface area contributed by atoms with Crippen molar-refractivity contribution in [1.82, 2.24) is 14.9 Å². The lowest BCUT2D eigenvalue weighted by Gasteiger charge is -2.24. The predicted octanol–water partition coefficient (Wildman–Crippen LogP) is 2.78. The van der Waals surface area contributed by atoms with Gasteiger partial charge in [0, 0.05) is 31.6 Å². The van der Waals surface area contributed by atoms with Gasteiger partial charge in [0.25, 0.3) is 0 Å². The fraction of sp³-hybridized carbons (Fsp3) is 0.733. The smallest absolute Gasteiger partial charge is 0.135 e. The van der Waals surface area contributed by atoms with Crippen LogP contribution in [0.1, 0.15) is 46.4 Å². The molecule has 1 heterocycles. The molecule has 5 nitrogen and oxygen atoms in total. The highest BCUT2D eigenvalue weighted by Crippen LogP contribution is 2.17. The molecule has 0 saturated heterocycles. The van der Waals surface area contributed by atoms with Crippen molar-refractivity contribution in [1.29, 1.82) is 0 Å². The Hall–Kier alpha value is -1.36. The van der Waals surface area contributed by atoms with Crippen LogP contribution in [0.15, 0.2) is 6.07 Å². The molecule has 1 aromatic heterocycles. The summed E-state index contributed by atoms with van der Waals surface area (Å²) >= 11 is 0.